The largest absolute Gasteiger partial charge is 0.490 e. The molecule has 1 aromatic carbocycles. The topological polar surface area (TPSA) is 44.5 Å². The first-order valence-electron chi connectivity index (χ1n) is 7.83. The van der Waals surface area contributed by atoms with E-state index >= 15 is 0 Å². The second-order valence-corrected chi connectivity index (χ2v) is 6.33. The van der Waals surface area contributed by atoms with E-state index in [1.807, 2.05) is 19.1 Å². The van der Waals surface area contributed by atoms with Crippen LogP contribution in [0.5, 0.6) is 5.75 Å². The zero-order valence-electron chi connectivity index (χ0n) is 12.3. The average molecular weight is 275 g/mol. The molecule has 3 rings (SSSR count). The minimum atomic E-state index is 0.0777. The Labute approximate surface area is 121 Å². The second kappa shape index (κ2) is 5.74. The molecule has 1 aliphatic carbocycles. The van der Waals surface area contributed by atoms with Crippen molar-refractivity contribution in [2.45, 2.75) is 63.2 Å². The van der Waals surface area contributed by atoms with Gasteiger partial charge in [0.05, 0.1) is 12.2 Å². The van der Waals surface area contributed by atoms with E-state index in [0.29, 0.717) is 6.10 Å². The monoisotopic (exact) mass is 275 g/mol. The summed E-state index contributed by atoms with van der Waals surface area (Å²) in [4.78, 5) is 0. The fourth-order valence-corrected chi connectivity index (χ4v) is 3.49. The third kappa shape index (κ3) is 2.99. The Balaban J connectivity index is 1.62. The van der Waals surface area contributed by atoms with Crippen LogP contribution in [0, 0.1) is 0 Å². The summed E-state index contributed by atoms with van der Waals surface area (Å²) in [5.41, 5.74) is 7.14. The van der Waals surface area contributed by atoms with Crippen molar-refractivity contribution in [2.24, 2.45) is 5.73 Å². The first-order valence-corrected chi connectivity index (χ1v) is 7.83. The lowest BCUT2D eigenvalue weighted by molar-refractivity contribution is -0.108. The van der Waals surface area contributed by atoms with Crippen LogP contribution in [0.3, 0.4) is 0 Å². The van der Waals surface area contributed by atoms with Gasteiger partial charge in [-0.15, -0.1) is 0 Å². The van der Waals surface area contributed by atoms with Crippen molar-refractivity contribution >= 4 is 0 Å². The fraction of sp³-hybridized carbons (Fsp3) is 0.647. The summed E-state index contributed by atoms with van der Waals surface area (Å²) in [6, 6.07) is 8.27. The summed E-state index contributed by atoms with van der Waals surface area (Å²) >= 11 is 0. The molecule has 1 unspecified atom stereocenters. The van der Waals surface area contributed by atoms with Gasteiger partial charge in [-0.2, -0.15) is 0 Å². The van der Waals surface area contributed by atoms with Gasteiger partial charge in [0.15, 0.2) is 0 Å². The molecule has 2 fully saturated rings. The Morgan fingerprint density at radius 3 is 2.60 bits per heavy atom. The van der Waals surface area contributed by atoms with Crippen molar-refractivity contribution in [1.29, 1.82) is 0 Å². The van der Waals surface area contributed by atoms with Crippen LogP contribution in [0.4, 0.5) is 0 Å². The normalized spacial score (nSPS) is 26.6. The Bertz CT molecular complexity index is 435. The molecule has 20 heavy (non-hydrogen) atoms. The third-order valence-electron chi connectivity index (χ3n) is 4.67. The lowest BCUT2D eigenvalue weighted by Gasteiger charge is -2.38. The van der Waals surface area contributed by atoms with Gasteiger partial charge in [-0.3, -0.25) is 0 Å². The molecule has 1 saturated carbocycles. The number of ether oxygens (including phenoxy) is 2. The van der Waals surface area contributed by atoms with Crippen LogP contribution >= 0.6 is 0 Å². The molecule has 0 amide bonds. The van der Waals surface area contributed by atoms with E-state index in [1.54, 1.807) is 0 Å². The number of hydrogen-bond acceptors (Lipinski definition) is 3. The molecule has 110 valence electrons. The van der Waals surface area contributed by atoms with Crippen LogP contribution in [0.15, 0.2) is 24.3 Å². The SMILES string of the molecule is C[C@H](N)c1ccc(OC2CCOC3(CCCC3)C2)cc1. The minimum Gasteiger partial charge on any atom is -0.490 e. The molecule has 3 heteroatoms. The lowest BCUT2D eigenvalue weighted by atomic mass is 9.90. The first kappa shape index (κ1) is 13.9. The molecule has 1 aromatic rings. The molecule has 0 bridgehead atoms. The van der Waals surface area contributed by atoms with Crippen LogP contribution in [0.1, 0.15) is 57.1 Å². The van der Waals surface area contributed by atoms with Crippen LogP contribution in [0.25, 0.3) is 0 Å². The molecule has 0 aromatic heterocycles. The number of rotatable bonds is 3. The number of nitrogens with two attached hydrogens (primary N) is 1. The maximum absolute atomic E-state index is 6.16. The Hall–Kier alpha value is -1.06. The van der Waals surface area contributed by atoms with Gasteiger partial charge < -0.3 is 15.2 Å². The molecular formula is C17H25NO2. The van der Waals surface area contributed by atoms with Crippen LogP contribution < -0.4 is 10.5 Å². The molecule has 3 nitrogen and oxygen atoms in total. The van der Waals surface area contributed by atoms with Gasteiger partial charge in [-0.1, -0.05) is 25.0 Å². The van der Waals surface area contributed by atoms with E-state index in [4.69, 9.17) is 15.2 Å². The number of hydrogen-bond donors (Lipinski definition) is 1. The molecule has 1 heterocycles. The first-order chi connectivity index (χ1) is 9.67. The van der Waals surface area contributed by atoms with E-state index < -0.39 is 0 Å². The van der Waals surface area contributed by atoms with Crippen molar-refractivity contribution in [1.82, 2.24) is 0 Å². The highest BCUT2D eigenvalue weighted by molar-refractivity contribution is 5.29. The maximum Gasteiger partial charge on any atom is 0.119 e. The molecule has 1 spiro atoms. The summed E-state index contributed by atoms with van der Waals surface area (Å²) in [5, 5.41) is 0. The van der Waals surface area contributed by atoms with Crippen molar-refractivity contribution < 1.29 is 9.47 Å². The van der Waals surface area contributed by atoms with Gasteiger partial charge in [-0.05, 0) is 37.5 Å². The molecular weight excluding hydrogens is 250 g/mol. The van der Waals surface area contributed by atoms with E-state index in [0.717, 1.165) is 30.8 Å². The van der Waals surface area contributed by atoms with Crippen LogP contribution in [-0.2, 0) is 4.74 Å². The van der Waals surface area contributed by atoms with E-state index in [2.05, 4.69) is 12.1 Å². The van der Waals surface area contributed by atoms with Crippen LogP contribution in [0.2, 0.25) is 0 Å². The number of benzene rings is 1. The van der Waals surface area contributed by atoms with Gasteiger partial charge >= 0.3 is 0 Å². The highest BCUT2D eigenvalue weighted by Gasteiger charge is 2.40. The summed E-state index contributed by atoms with van der Waals surface area (Å²) in [5.74, 6) is 0.953. The standard InChI is InChI=1S/C17H25NO2/c1-13(18)14-4-6-15(7-5-14)20-16-8-11-19-17(12-16)9-2-3-10-17/h4-7,13,16H,2-3,8-12,18H2,1H3/t13-,16?/m0/s1. The highest BCUT2D eigenvalue weighted by Crippen LogP contribution is 2.40. The van der Waals surface area contributed by atoms with E-state index in [-0.39, 0.29) is 11.6 Å². The lowest BCUT2D eigenvalue weighted by Crippen LogP contribution is -2.41. The van der Waals surface area contributed by atoms with Crippen molar-refractivity contribution in [2.75, 3.05) is 6.61 Å². The Morgan fingerprint density at radius 2 is 1.95 bits per heavy atom. The molecule has 1 saturated heterocycles. The van der Waals surface area contributed by atoms with Gasteiger partial charge in [0.2, 0.25) is 0 Å². The Morgan fingerprint density at radius 1 is 1.25 bits per heavy atom. The van der Waals surface area contributed by atoms with Crippen LogP contribution in [-0.4, -0.2) is 18.3 Å². The molecule has 2 aliphatic rings. The minimum absolute atomic E-state index is 0.0777. The van der Waals surface area contributed by atoms with Crippen molar-refractivity contribution in [3.63, 3.8) is 0 Å². The smallest absolute Gasteiger partial charge is 0.119 e. The zero-order valence-corrected chi connectivity index (χ0v) is 12.3. The van der Waals surface area contributed by atoms with Gasteiger partial charge in [0.25, 0.3) is 0 Å². The highest BCUT2D eigenvalue weighted by atomic mass is 16.5. The van der Waals surface area contributed by atoms with Gasteiger partial charge in [-0.25, -0.2) is 0 Å². The van der Waals surface area contributed by atoms with Gasteiger partial charge in [0.1, 0.15) is 11.9 Å². The fourth-order valence-electron chi connectivity index (χ4n) is 3.49. The molecule has 2 N–H and O–H groups in total. The molecule has 1 aliphatic heterocycles. The summed E-state index contributed by atoms with van der Waals surface area (Å²) in [7, 11) is 0. The quantitative estimate of drug-likeness (QED) is 0.917. The second-order valence-electron chi connectivity index (χ2n) is 6.33. The average Bonchev–Trinajstić information content (AvgIpc) is 2.87. The van der Waals surface area contributed by atoms with E-state index in [1.165, 1.54) is 25.7 Å². The van der Waals surface area contributed by atoms with Crippen molar-refractivity contribution in [3.8, 4) is 5.75 Å². The van der Waals surface area contributed by atoms with Gasteiger partial charge in [0, 0.05) is 18.9 Å². The predicted octanol–water partition coefficient (Wildman–Crippen LogP) is 3.58. The van der Waals surface area contributed by atoms with E-state index in [9.17, 15) is 0 Å². The third-order valence-corrected chi connectivity index (χ3v) is 4.67. The summed E-state index contributed by atoms with van der Waals surface area (Å²) < 4.78 is 12.2. The Kier molecular flexibility index (Phi) is 3.99. The zero-order chi connectivity index (χ0) is 14.0. The predicted molar refractivity (Wildman–Crippen MR) is 79.8 cm³/mol. The van der Waals surface area contributed by atoms with Crippen molar-refractivity contribution in [3.05, 3.63) is 29.8 Å². The summed E-state index contributed by atoms with van der Waals surface area (Å²) in [6.07, 6.45) is 7.35. The molecule has 0 radical (unpaired) electrons. The molecule has 2 atom stereocenters. The maximum atomic E-state index is 6.16. The summed E-state index contributed by atoms with van der Waals surface area (Å²) in [6.45, 7) is 2.83.